The van der Waals surface area contributed by atoms with Crippen molar-refractivity contribution in [1.29, 1.82) is 0 Å². The summed E-state index contributed by atoms with van der Waals surface area (Å²) in [6.07, 6.45) is 2.55. The molecule has 0 aromatic rings. The number of hydrogen-bond acceptors (Lipinski definition) is 4. The minimum Gasteiger partial charge on any atom is -0.299 e. The number of Topliss-reactive ketones (excluding diaryl/α,β-unsaturated/α-hetero) is 2. The molecule has 22 heavy (non-hydrogen) atoms. The van der Waals surface area contributed by atoms with Crippen LogP contribution in [0.15, 0.2) is 0 Å². The van der Waals surface area contributed by atoms with Gasteiger partial charge in [0.25, 0.3) is 10.1 Å². The molecule has 0 aliphatic carbocycles. The van der Waals surface area contributed by atoms with Gasteiger partial charge in [-0.2, -0.15) is 8.42 Å². The molecule has 5 nitrogen and oxygen atoms in total. The van der Waals surface area contributed by atoms with Crippen molar-refractivity contribution in [3.63, 3.8) is 0 Å². The van der Waals surface area contributed by atoms with Crippen LogP contribution in [0, 0.1) is 5.41 Å². The van der Waals surface area contributed by atoms with E-state index in [-0.39, 0.29) is 33.5 Å². The highest BCUT2D eigenvalue weighted by molar-refractivity contribution is 7.97. The molecule has 0 saturated carbocycles. The molecule has 128 valence electrons. The Balaban J connectivity index is 2.67. The summed E-state index contributed by atoms with van der Waals surface area (Å²) in [5, 5.41) is 0.126. The van der Waals surface area contributed by atoms with Gasteiger partial charge < -0.3 is 0 Å². The van der Waals surface area contributed by atoms with Crippen LogP contribution in [-0.4, -0.2) is 47.0 Å². The van der Waals surface area contributed by atoms with Gasteiger partial charge in [0, 0.05) is 5.41 Å². The first-order valence-corrected chi connectivity index (χ1v) is 10.9. The maximum atomic E-state index is 12.3. The normalized spacial score (nSPS) is 19.2. The summed E-state index contributed by atoms with van der Waals surface area (Å²) in [5.41, 5.74) is -0.406. The van der Waals surface area contributed by atoms with E-state index in [0.717, 1.165) is 11.5 Å². The molecule has 0 spiro atoms. The molecule has 1 fully saturated rings. The fourth-order valence-electron chi connectivity index (χ4n) is 2.44. The Morgan fingerprint density at radius 2 is 1.82 bits per heavy atom. The molecule has 1 unspecified atom stereocenters. The average Bonchev–Trinajstić information content (AvgIpc) is 2.36. The van der Waals surface area contributed by atoms with E-state index >= 15 is 0 Å². The zero-order chi connectivity index (χ0) is 17.0. The second-order valence-electron chi connectivity index (χ2n) is 6.91. The molecule has 1 saturated heterocycles. The van der Waals surface area contributed by atoms with Gasteiger partial charge in [-0.1, -0.05) is 20.8 Å². The van der Waals surface area contributed by atoms with Crippen molar-refractivity contribution in [2.45, 2.75) is 58.1 Å². The molecule has 1 aliphatic rings. The van der Waals surface area contributed by atoms with E-state index in [2.05, 4.69) is 0 Å². The fourth-order valence-corrected chi connectivity index (χ4v) is 5.71. The lowest BCUT2D eigenvalue weighted by molar-refractivity contribution is -0.126. The Bertz CT molecular complexity index is 495. The van der Waals surface area contributed by atoms with Gasteiger partial charge in [-0.25, -0.2) is 0 Å². The molecule has 1 aliphatic heterocycles. The van der Waals surface area contributed by atoms with Crippen molar-refractivity contribution in [2.24, 2.45) is 5.41 Å². The lowest BCUT2D eigenvalue weighted by Crippen LogP contribution is -2.37. The summed E-state index contributed by atoms with van der Waals surface area (Å²) in [5.74, 6) is 1.82. The van der Waals surface area contributed by atoms with E-state index in [0.29, 0.717) is 32.1 Å². The van der Waals surface area contributed by atoms with Gasteiger partial charge in [0.2, 0.25) is 0 Å². The van der Waals surface area contributed by atoms with Crippen LogP contribution < -0.4 is 0 Å². The largest absolute Gasteiger partial charge is 0.299 e. The monoisotopic (exact) mass is 351 g/mol. The van der Waals surface area contributed by atoms with Crippen LogP contribution in [0.4, 0.5) is 0 Å². The van der Waals surface area contributed by atoms with Gasteiger partial charge in [0.15, 0.2) is 0 Å². The van der Waals surface area contributed by atoms with Crippen molar-refractivity contribution in [3.05, 3.63) is 0 Å². The first kappa shape index (κ1) is 19.6. The van der Waals surface area contributed by atoms with Crippen molar-refractivity contribution in [1.82, 2.24) is 0 Å². The van der Waals surface area contributed by atoms with Crippen molar-refractivity contribution in [2.75, 3.05) is 17.3 Å². The zero-order valence-corrected chi connectivity index (χ0v) is 15.3. The molecule has 1 heterocycles. The van der Waals surface area contributed by atoms with Crippen molar-refractivity contribution >= 4 is 32.6 Å². The molecular formula is C15H27O5S2+. The topological polar surface area (TPSA) is 88.5 Å². The van der Waals surface area contributed by atoms with E-state index in [1.807, 2.05) is 20.8 Å². The molecule has 0 radical (unpaired) electrons. The number of ketones is 2. The first-order chi connectivity index (χ1) is 9.99. The van der Waals surface area contributed by atoms with Gasteiger partial charge in [0.1, 0.15) is 28.3 Å². The Kier molecular flexibility index (Phi) is 7.08. The zero-order valence-electron chi connectivity index (χ0n) is 13.6. The predicted molar refractivity (Wildman–Crippen MR) is 89.9 cm³/mol. The standard InChI is InChI=1S/C15H26O5S2/c1-15(2,3)14(17)11-13(5-4-10-22(18,19)20)21-8-6-12(16)7-9-21/h13H,4-11H2,1-3H3/p+1. The summed E-state index contributed by atoms with van der Waals surface area (Å²) in [6.45, 7) is 5.66. The molecule has 0 amide bonds. The first-order valence-electron chi connectivity index (χ1n) is 7.65. The van der Waals surface area contributed by atoms with E-state index in [1.165, 1.54) is 0 Å². The molecular weight excluding hydrogens is 324 g/mol. The summed E-state index contributed by atoms with van der Waals surface area (Å²) in [7, 11) is -3.96. The third kappa shape index (κ3) is 7.24. The molecule has 7 heteroatoms. The van der Waals surface area contributed by atoms with Crippen LogP contribution in [0.1, 0.15) is 52.9 Å². The smallest absolute Gasteiger partial charge is 0.264 e. The molecule has 0 aromatic carbocycles. The Morgan fingerprint density at radius 3 is 2.27 bits per heavy atom. The second-order valence-corrected chi connectivity index (χ2v) is 11.0. The number of carbonyl (C=O) groups excluding carboxylic acids is 2. The summed E-state index contributed by atoms with van der Waals surface area (Å²) in [4.78, 5) is 23.7. The predicted octanol–water partition coefficient (Wildman–Crippen LogP) is 2.01. The van der Waals surface area contributed by atoms with Crippen molar-refractivity contribution in [3.8, 4) is 0 Å². The van der Waals surface area contributed by atoms with Gasteiger partial charge in [-0.05, 0) is 23.7 Å². The quantitative estimate of drug-likeness (QED) is 0.560. The highest BCUT2D eigenvalue weighted by Gasteiger charge is 2.37. The van der Waals surface area contributed by atoms with E-state index < -0.39 is 15.5 Å². The molecule has 1 N–H and O–H groups in total. The number of hydrogen-bond donors (Lipinski definition) is 1. The van der Waals surface area contributed by atoms with Crippen LogP contribution in [0.5, 0.6) is 0 Å². The van der Waals surface area contributed by atoms with E-state index in [4.69, 9.17) is 4.55 Å². The minimum absolute atomic E-state index is 0.00492. The molecule has 1 atom stereocenters. The average molecular weight is 352 g/mol. The Morgan fingerprint density at radius 1 is 1.27 bits per heavy atom. The van der Waals surface area contributed by atoms with Gasteiger partial charge in [0.05, 0.1) is 25.0 Å². The maximum Gasteiger partial charge on any atom is 0.264 e. The number of rotatable bonds is 7. The maximum absolute atomic E-state index is 12.3. The second kappa shape index (κ2) is 7.93. The Labute approximate surface area is 136 Å². The summed E-state index contributed by atoms with van der Waals surface area (Å²) in [6, 6.07) is 0. The Hall–Kier alpha value is -0.400. The van der Waals surface area contributed by atoms with E-state index in [9.17, 15) is 18.0 Å². The molecule has 1 rings (SSSR count). The van der Waals surface area contributed by atoms with Crippen LogP contribution in [0.3, 0.4) is 0 Å². The van der Waals surface area contributed by atoms with Gasteiger partial charge in [-0.3, -0.25) is 14.1 Å². The van der Waals surface area contributed by atoms with E-state index in [1.54, 1.807) is 0 Å². The van der Waals surface area contributed by atoms with Crippen LogP contribution in [0.2, 0.25) is 0 Å². The third-order valence-electron chi connectivity index (χ3n) is 3.94. The highest BCUT2D eigenvalue weighted by atomic mass is 32.2. The highest BCUT2D eigenvalue weighted by Crippen LogP contribution is 2.27. The lowest BCUT2D eigenvalue weighted by atomic mass is 9.87. The fraction of sp³-hybridized carbons (Fsp3) is 0.867. The summed E-state index contributed by atoms with van der Waals surface area (Å²) >= 11 is 0. The molecule has 0 bridgehead atoms. The van der Waals surface area contributed by atoms with Crippen LogP contribution in [-0.2, 0) is 30.6 Å². The minimum atomic E-state index is -3.95. The van der Waals surface area contributed by atoms with Gasteiger partial charge >= 0.3 is 0 Å². The SMILES string of the molecule is CC(C)(C)C(=O)CC(CCCS(=O)(=O)O)[S+]1CCC(=O)CC1. The van der Waals surface area contributed by atoms with Crippen LogP contribution in [0.25, 0.3) is 0 Å². The molecule has 0 aromatic heterocycles. The third-order valence-corrected chi connectivity index (χ3v) is 7.54. The number of carbonyl (C=O) groups is 2. The summed E-state index contributed by atoms with van der Waals surface area (Å²) < 4.78 is 30.6. The van der Waals surface area contributed by atoms with Crippen molar-refractivity contribution < 1.29 is 22.6 Å². The lowest BCUT2D eigenvalue weighted by Gasteiger charge is -2.24. The van der Waals surface area contributed by atoms with Crippen LogP contribution >= 0.6 is 0 Å². The van der Waals surface area contributed by atoms with Gasteiger partial charge in [-0.15, -0.1) is 0 Å².